The third kappa shape index (κ3) is 6.25. The van der Waals surface area contributed by atoms with Gasteiger partial charge >= 0.3 is 0 Å². The summed E-state index contributed by atoms with van der Waals surface area (Å²) < 4.78 is 1.92. The number of halogens is 1. The zero-order valence-corrected chi connectivity index (χ0v) is 20.3. The van der Waals surface area contributed by atoms with E-state index in [0.29, 0.717) is 19.0 Å². The molecule has 0 saturated heterocycles. The van der Waals surface area contributed by atoms with Crippen LogP contribution in [0.1, 0.15) is 29.9 Å². The van der Waals surface area contributed by atoms with Crippen molar-refractivity contribution >= 4 is 41.3 Å². The van der Waals surface area contributed by atoms with Gasteiger partial charge in [-0.3, -0.25) is 14.5 Å². The number of guanidine groups is 1. The van der Waals surface area contributed by atoms with Crippen LogP contribution in [-0.2, 0) is 13.1 Å². The van der Waals surface area contributed by atoms with Crippen LogP contribution in [0.2, 0.25) is 0 Å². The first kappa shape index (κ1) is 24.1. The zero-order chi connectivity index (χ0) is 22.3. The first-order valence-electron chi connectivity index (χ1n) is 10.2. The number of rotatable bonds is 7. The average Bonchev–Trinajstić information content (AvgIpc) is 3.24. The number of hydrogen-bond acceptors (Lipinski definition) is 5. The van der Waals surface area contributed by atoms with Gasteiger partial charge in [-0.1, -0.05) is 48.5 Å². The summed E-state index contributed by atoms with van der Waals surface area (Å²) in [5.41, 5.74) is 2.84. The van der Waals surface area contributed by atoms with Crippen molar-refractivity contribution in [3.63, 3.8) is 0 Å². The summed E-state index contributed by atoms with van der Waals surface area (Å²) in [6, 6.07) is 22.3. The number of aromatic nitrogens is 3. The average molecular weight is 557 g/mol. The number of nitrogens with one attached hydrogen (secondary N) is 2. The van der Waals surface area contributed by atoms with E-state index in [4.69, 9.17) is 0 Å². The molecule has 2 aromatic carbocycles. The summed E-state index contributed by atoms with van der Waals surface area (Å²) in [6.45, 7) is 2.86. The smallest absolute Gasteiger partial charge is 0.269 e. The minimum atomic E-state index is -0.411. The molecule has 0 saturated carbocycles. The van der Waals surface area contributed by atoms with E-state index < -0.39 is 4.92 Å². The number of nitrogens with zero attached hydrogens (tertiary/aromatic N) is 5. The summed E-state index contributed by atoms with van der Waals surface area (Å²) in [4.78, 5) is 15.1. The molecule has 1 unspecified atom stereocenters. The van der Waals surface area contributed by atoms with Gasteiger partial charge < -0.3 is 10.6 Å². The Bertz CT molecular complexity index is 1230. The Morgan fingerprint density at radius 2 is 1.79 bits per heavy atom. The van der Waals surface area contributed by atoms with E-state index in [-0.39, 0.29) is 35.7 Å². The van der Waals surface area contributed by atoms with Crippen molar-refractivity contribution in [2.75, 3.05) is 0 Å². The second-order valence-electron chi connectivity index (χ2n) is 7.26. The molecule has 2 aromatic heterocycles. The largest absolute Gasteiger partial charge is 0.350 e. The van der Waals surface area contributed by atoms with Crippen molar-refractivity contribution in [1.82, 2.24) is 25.2 Å². The van der Waals surface area contributed by atoms with E-state index in [2.05, 4.69) is 44.9 Å². The molecular formula is C23H24IN7O2. The highest BCUT2D eigenvalue weighted by molar-refractivity contribution is 14.0. The van der Waals surface area contributed by atoms with Gasteiger partial charge in [0, 0.05) is 18.3 Å². The van der Waals surface area contributed by atoms with E-state index in [1.54, 1.807) is 12.1 Å². The number of fused-ring (bicyclic) bond motifs is 1. The molecular weight excluding hydrogens is 533 g/mol. The Morgan fingerprint density at radius 1 is 1.06 bits per heavy atom. The number of hydrogen-bond donors (Lipinski definition) is 2. The lowest BCUT2D eigenvalue weighted by atomic mass is 10.1. The zero-order valence-electron chi connectivity index (χ0n) is 18.0. The van der Waals surface area contributed by atoms with Crippen LogP contribution in [0.3, 0.4) is 0 Å². The second kappa shape index (κ2) is 11.4. The number of nitro groups is 1. The molecule has 10 heteroatoms. The maximum absolute atomic E-state index is 10.9. The molecule has 0 spiro atoms. The van der Waals surface area contributed by atoms with E-state index in [0.717, 1.165) is 22.6 Å². The molecule has 0 radical (unpaired) electrons. The molecule has 2 heterocycles. The van der Waals surface area contributed by atoms with Crippen LogP contribution in [0.5, 0.6) is 0 Å². The van der Waals surface area contributed by atoms with Gasteiger partial charge in [-0.05, 0) is 30.2 Å². The first-order valence-corrected chi connectivity index (χ1v) is 10.2. The number of aliphatic imine (C=N–C) groups is 1. The Labute approximate surface area is 208 Å². The third-order valence-corrected chi connectivity index (χ3v) is 5.02. The fourth-order valence-electron chi connectivity index (χ4n) is 3.25. The lowest BCUT2D eigenvalue weighted by Crippen LogP contribution is -2.38. The minimum absolute atomic E-state index is 0. The van der Waals surface area contributed by atoms with Crippen LogP contribution in [0.25, 0.3) is 5.65 Å². The fourth-order valence-corrected chi connectivity index (χ4v) is 3.25. The highest BCUT2D eigenvalue weighted by Gasteiger charge is 2.11. The predicted octanol–water partition coefficient (Wildman–Crippen LogP) is 4.25. The second-order valence-corrected chi connectivity index (χ2v) is 7.26. The Hall–Kier alpha value is -3.54. The van der Waals surface area contributed by atoms with Gasteiger partial charge in [-0.2, -0.15) is 0 Å². The van der Waals surface area contributed by atoms with Gasteiger partial charge in [-0.25, -0.2) is 4.99 Å². The van der Waals surface area contributed by atoms with Crippen LogP contribution < -0.4 is 10.6 Å². The van der Waals surface area contributed by atoms with Crippen LogP contribution >= 0.6 is 24.0 Å². The Kier molecular flexibility index (Phi) is 8.30. The van der Waals surface area contributed by atoms with Crippen LogP contribution in [0.4, 0.5) is 5.69 Å². The highest BCUT2D eigenvalue weighted by Crippen LogP contribution is 2.14. The molecule has 2 N–H and O–H groups in total. The molecule has 9 nitrogen and oxygen atoms in total. The summed E-state index contributed by atoms with van der Waals surface area (Å²) in [6.07, 6.45) is 1.92. The molecule has 0 aliphatic carbocycles. The quantitative estimate of drug-likeness (QED) is 0.116. The van der Waals surface area contributed by atoms with Gasteiger partial charge in [0.05, 0.1) is 24.1 Å². The van der Waals surface area contributed by atoms with E-state index in [1.165, 1.54) is 12.1 Å². The van der Waals surface area contributed by atoms with E-state index in [1.807, 2.05) is 47.0 Å². The summed E-state index contributed by atoms with van der Waals surface area (Å²) in [5, 5.41) is 26.0. The lowest BCUT2D eigenvalue weighted by Gasteiger charge is -2.18. The summed E-state index contributed by atoms with van der Waals surface area (Å²) in [5.74, 6) is 1.37. The first-order chi connectivity index (χ1) is 15.6. The SMILES string of the molecule is CC(NC(=NCc1ccc([N+](=O)[O-])cc1)NCc1nnc2ccccn12)c1ccccc1.I. The van der Waals surface area contributed by atoms with Crippen LogP contribution in [0.15, 0.2) is 84.0 Å². The van der Waals surface area contributed by atoms with Crippen molar-refractivity contribution in [2.45, 2.75) is 26.1 Å². The van der Waals surface area contributed by atoms with Gasteiger partial charge in [0.2, 0.25) is 0 Å². The molecule has 0 aliphatic heterocycles. The van der Waals surface area contributed by atoms with E-state index in [9.17, 15) is 10.1 Å². The number of benzene rings is 2. The number of nitro benzene ring substituents is 1. The summed E-state index contributed by atoms with van der Waals surface area (Å²) in [7, 11) is 0. The molecule has 0 amide bonds. The van der Waals surface area contributed by atoms with Crippen molar-refractivity contribution in [1.29, 1.82) is 0 Å². The molecule has 4 aromatic rings. The monoisotopic (exact) mass is 557 g/mol. The van der Waals surface area contributed by atoms with Crippen LogP contribution in [0, 0.1) is 10.1 Å². The maximum atomic E-state index is 10.9. The molecule has 0 aliphatic rings. The van der Waals surface area contributed by atoms with Crippen LogP contribution in [-0.4, -0.2) is 25.5 Å². The van der Waals surface area contributed by atoms with Gasteiger partial charge in [0.25, 0.3) is 5.69 Å². The fraction of sp³-hybridized carbons (Fsp3) is 0.174. The van der Waals surface area contributed by atoms with Crippen molar-refractivity contribution in [2.24, 2.45) is 4.99 Å². The lowest BCUT2D eigenvalue weighted by molar-refractivity contribution is -0.384. The number of non-ortho nitro benzene ring substituents is 1. The van der Waals surface area contributed by atoms with Gasteiger partial charge in [0.1, 0.15) is 0 Å². The van der Waals surface area contributed by atoms with Crippen molar-refractivity contribution in [3.8, 4) is 0 Å². The standard InChI is InChI=1S/C23H23N7O2.HI/c1-17(19-7-3-2-4-8-19)26-23(24-15-18-10-12-20(13-11-18)30(31)32)25-16-22-28-27-21-9-5-6-14-29(21)22;/h2-14,17H,15-16H2,1H3,(H2,24,25,26);1H. The molecule has 170 valence electrons. The molecule has 1 atom stereocenters. The Morgan fingerprint density at radius 3 is 2.52 bits per heavy atom. The molecule has 4 rings (SSSR count). The van der Waals surface area contributed by atoms with Crippen molar-refractivity contribution in [3.05, 3.63) is 106 Å². The normalized spacial score (nSPS) is 12.1. The predicted molar refractivity (Wildman–Crippen MR) is 137 cm³/mol. The third-order valence-electron chi connectivity index (χ3n) is 5.02. The topological polar surface area (TPSA) is 110 Å². The number of pyridine rings is 1. The maximum Gasteiger partial charge on any atom is 0.269 e. The molecule has 0 fully saturated rings. The summed E-state index contributed by atoms with van der Waals surface area (Å²) >= 11 is 0. The highest BCUT2D eigenvalue weighted by atomic mass is 127. The van der Waals surface area contributed by atoms with E-state index >= 15 is 0 Å². The van der Waals surface area contributed by atoms with Gasteiger partial charge in [0.15, 0.2) is 17.4 Å². The minimum Gasteiger partial charge on any atom is -0.350 e. The van der Waals surface area contributed by atoms with Crippen molar-refractivity contribution < 1.29 is 4.92 Å². The molecule has 0 bridgehead atoms. The molecule has 33 heavy (non-hydrogen) atoms. The van der Waals surface area contributed by atoms with Gasteiger partial charge in [-0.15, -0.1) is 34.2 Å². The Balaban J connectivity index is 0.00000306.